The van der Waals surface area contributed by atoms with Crippen LogP contribution in [0.5, 0.6) is 0 Å². The molecule has 11 heavy (non-hydrogen) atoms. The third-order valence-electron chi connectivity index (χ3n) is 0.990. The molecule has 0 bridgehead atoms. The van der Waals surface area contributed by atoms with Crippen molar-refractivity contribution in [2.75, 3.05) is 0 Å². The lowest BCUT2D eigenvalue weighted by molar-refractivity contribution is 0.626. The van der Waals surface area contributed by atoms with Crippen LogP contribution in [0.25, 0.3) is 0 Å². The fourth-order valence-electron chi connectivity index (χ4n) is 0.571. The third-order valence-corrected chi connectivity index (χ3v) is 1.62. The minimum absolute atomic E-state index is 0. The third kappa shape index (κ3) is 3.57. The predicted molar refractivity (Wildman–Crippen MR) is 46.8 cm³/mol. The van der Waals surface area contributed by atoms with E-state index >= 15 is 0 Å². The molecule has 0 amide bonds. The summed E-state index contributed by atoms with van der Waals surface area (Å²) in [4.78, 5) is 3.29. The monoisotopic (exact) mass is 194 g/mol. The molecule has 0 aromatic heterocycles. The summed E-state index contributed by atoms with van der Waals surface area (Å²) in [6, 6.07) is 6.08. The largest absolute Gasteiger partial charge is 0.261 e. The molecule has 1 aromatic carbocycles. The summed E-state index contributed by atoms with van der Waals surface area (Å²) in [5, 5.41) is 0. The number of hydrogen-bond acceptors (Lipinski definition) is 3. The van der Waals surface area contributed by atoms with Crippen molar-refractivity contribution >= 4 is 24.4 Å². The Kier molecular flexibility index (Phi) is 5.23. The molecular formula is C6H8ClFN2S. The van der Waals surface area contributed by atoms with Gasteiger partial charge in [-0.05, 0) is 36.2 Å². The van der Waals surface area contributed by atoms with E-state index in [1.165, 1.54) is 24.1 Å². The Labute approximate surface area is 74.9 Å². The van der Waals surface area contributed by atoms with Crippen LogP contribution in [0.1, 0.15) is 0 Å². The van der Waals surface area contributed by atoms with Crippen LogP contribution in [-0.4, -0.2) is 0 Å². The Morgan fingerprint density at radius 2 is 1.82 bits per heavy atom. The zero-order valence-electron chi connectivity index (χ0n) is 5.58. The van der Waals surface area contributed by atoms with Crippen LogP contribution in [0.3, 0.4) is 0 Å². The lowest BCUT2D eigenvalue weighted by Gasteiger charge is -1.96. The average Bonchev–Trinajstić information content (AvgIpc) is 1.95. The highest BCUT2D eigenvalue weighted by molar-refractivity contribution is 7.97. The van der Waals surface area contributed by atoms with Gasteiger partial charge >= 0.3 is 0 Å². The molecule has 1 aromatic rings. The first kappa shape index (κ1) is 10.7. The van der Waals surface area contributed by atoms with E-state index < -0.39 is 0 Å². The average molecular weight is 195 g/mol. The highest BCUT2D eigenvalue weighted by atomic mass is 35.5. The topological polar surface area (TPSA) is 38.0 Å². The molecule has 0 aliphatic heterocycles. The summed E-state index contributed by atoms with van der Waals surface area (Å²) < 4.78 is 12.3. The first-order chi connectivity index (χ1) is 4.83. The zero-order valence-corrected chi connectivity index (χ0v) is 7.21. The number of hydrazine groups is 1. The van der Waals surface area contributed by atoms with Gasteiger partial charge in [0, 0.05) is 4.90 Å². The SMILES string of the molecule is Cl.NNSc1ccc(F)cc1. The van der Waals surface area contributed by atoms with E-state index in [1.807, 2.05) is 0 Å². The molecule has 0 aliphatic rings. The van der Waals surface area contributed by atoms with E-state index in [-0.39, 0.29) is 18.2 Å². The van der Waals surface area contributed by atoms with Gasteiger partial charge in [0.05, 0.1) is 0 Å². The predicted octanol–water partition coefficient (Wildman–Crippen LogP) is 1.72. The molecule has 0 aliphatic carbocycles. The van der Waals surface area contributed by atoms with Gasteiger partial charge in [0.15, 0.2) is 0 Å². The maximum absolute atomic E-state index is 12.3. The minimum Gasteiger partial charge on any atom is -0.261 e. The number of benzene rings is 1. The fraction of sp³-hybridized carbons (Fsp3) is 0. The van der Waals surface area contributed by atoms with Crippen molar-refractivity contribution in [3.05, 3.63) is 30.1 Å². The second kappa shape index (κ2) is 5.37. The highest BCUT2D eigenvalue weighted by Crippen LogP contribution is 2.12. The summed E-state index contributed by atoms with van der Waals surface area (Å²) >= 11 is 1.25. The number of nitrogens with two attached hydrogens (primary N) is 1. The summed E-state index contributed by atoms with van der Waals surface area (Å²) in [5.74, 6) is 4.78. The summed E-state index contributed by atoms with van der Waals surface area (Å²) in [6.45, 7) is 0. The molecule has 2 nitrogen and oxygen atoms in total. The number of rotatable bonds is 2. The lowest BCUT2D eigenvalue weighted by atomic mass is 10.4. The van der Waals surface area contributed by atoms with E-state index in [2.05, 4.69) is 4.83 Å². The standard InChI is InChI=1S/C6H7FN2S.ClH/c7-5-1-3-6(4-2-5)10-9-8;/h1-4,9H,8H2;1H. The van der Waals surface area contributed by atoms with Crippen molar-refractivity contribution in [2.45, 2.75) is 4.90 Å². The molecule has 62 valence electrons. The van der Waals surface area contributed by atoms with E-state index in [4.69, 9.17) is 5.84 Å². The van der Waals surface area contributed by atoms with Gasteiger partial charge in [-0.1, -0.05) is 0 Å². The molecule has 1 rings (SSSR count). The van der Waals surface area contributed by atoms with Gasteiger partial charge in [0.2, 0.25) is 0 Å². The van der Waals surface area contributed by atoms with Gasteiger partial charge in [0.1, 0.15) is 5.82 Å². The van der Waals surface area contributed by atoms with Crippen molar-refractivity contribution in [3.63, 3.8) is 0 Å². The Bertz CT molecular complexity index is 204. The van der Waals surface area contributed by atoms with Gasteiger partial charge in [-0.3, -0.25) is 5.84 Å². The normalized spacial score (nSPS) is 8.91. The first-order valence-corrected chi connectivity index (χ1v) is 3.52. The molecular weight excluding hydrogens is 187 g/mol. The van der Waals surface area contributed by atoms with Gasteiger partial charge < -0.3 is 0 Å². The molecule has 0 saturated carbocycles. The van der Waals surface area contributed by atoms with Crippen molar-refractivity contribution in [1.82, 2.24) is 4.83 Å². The van der Waals surface area contributed by atoms with Crippen LogP contribution in [0.15, 0.2) is 29.2 Å². The van der Waals surface area contributed by atoms with Crippen molar-refractivity contribution < 1.29 is 4.39 Å². The van der Waals surface area contributed by atoms with Gasteiger partial charge in [0.25, 0.3) is 0 Å². The first-order valence-electron chi connectivity index (χ1n) is 2.71. The van der Waals surface area contributed by atoms with Crippen molar-refractivity contribution in [3.8, 4) is 0 Å². The molecule has 5 heteroatoms. The second-order valence-corrected chi connectivity index (χ2v) is 2.59. The Morgan fingerprint density at radius 3 is 2.27 bits per heavy atom. The number of halogens is 2. The van der Waals surface area contributed by atoms with Crippen LogP contribution in [0.2, 0.25) is 0 Å². The van der Waals surface area contributed by atoms with Crippen LogP contribution in [0.4, 0.5) is 4.39 Å². The van der Waals surface area contributed by atoms with Crippen LogP contribution in [-0.2, 0) is 0 Å². The summed E-state index contributed by atoms with van der Waals surface area (Å²) in [5.41, 5.74) is 0. The van der Waals surface area contributed by atoms with E-state index in [0.29, 0.717) is 0 Å². The van der Waals surface area contributed by atoms with E-state index in [1.54, 1.807) is 12.1 Å². The smallest absolute Gasteiger partial charge is 0.123 e. The van der Waals surface area contributed by atoms with Gasteiger partial charge in [-0.25, -0.2) is 4.39 Å². The Morgan fingerprint density at radius 1 is 1.27 bits per heavy atom. The molecule has 0 heterocycles. The Balaban J connectivity index is 0.000001000. The zero-order chi connectivity index (χ0) is 7.40. The van der Waals surface area contributed by atoms with Gasteiger partial charge in [-0.2, -0.15) is 4.83 Å². The number of hydrogen-bond donors (Lipinski definition) is 2. The van der Waals surface area contributed by atoms with Gasteiger partial charge in [-0.15, -0.1) is 12.4 Å². The highest BCUT2D eigenvalue weighted by Gasteiger charge is 1.90. The maximum Gasteiger partial charge on any atom is 0.123 e. The molecule has 0 fully saturated rings. The van der Waals surface area contributed by atoms with E-state index in [9.17, 15) is 4.39 Å². The Hall–Kier alpha value is -0.290. The molecule has 0 atom stereocenters. The minimum atomic E-state index is -0.235. The second-order valence-electron chi connectivity index (χ2n) is 1.67. The molecule has 0 unspecified atom stereocenters. The molecule has 0 saturated heterocycles. The summed E-state index contributed by atoms with van der Waals surface area (Å²) in [6.07, 6.45) is 0. The van der Waals surface area contributed by atoms with Crippen molar-refractivity contribution in [1.29, 1.82) is 0 Å². The van der Waals surface area contributed by atoms with Crippen LogP contribution in [0, 0.1) is 5.82 Å². The van der Waals surface area contributed by atoms with Crippen LogP contribution < -0.4 is 10.7 Å². The lowest BCUT2D eigenvalue weighted by Crippen LogP contribution is -2.10. The maximum atomic E-state index is 12.3. The number of nitrogens with one attached hydrogen (secondary N) is 1. The molecule has 3 N–H and O–H groups in total. The molecule has 0 spiro atoms. The summed E-state index contributed by atoms with van der Waals surface area (Å²) in [7, 11) is 0. The van der Waals surface area contributed by atoms with Crippen LogP contribution >= 0.6 is 24.4 Å². The van der Waals surface area contributed by atoms with E-state index in [0.717, 1.165) is 4.90 Å². The molecule has 0 radical (unpaired) electrons. The quantitative estimate of drug-likeness (QED) is 0.428. The fourth-order valence-corrected chi connectivity index (χ4v) is 0.979. The van der Waals surface area contributed by atoms with Crippen molar-refractivity contribution in [2.24, 2.45) is 5.84 Å².